The molecule has 120 valence electrons. The van der Waals surface area contributed by atoms with Gasteiger partial charge >= 0.3 is 5.97 Å². The fraction of sp³-hybridized carbons (Fsp3) is 0. The van der Waals surface area contributed by atoms with Gasteiger partial charge in [-0.3, -0.25) is 4.79 Å². The number of H-pyrrole nitrogens is 2. The van der Waals surface area contributed by atoms with Crippen molar-refractivity contribution in [3.8, 4) is 17.2 Å². The number of nitrogens with one attached hydrogen (secondary N) is 2. The first-order valence-corrected chi connectivity index (χ1v) is 7.49. The van der Waals surface area contributed by atoms with E-state index in [-0.39, 0.29) is 16.6 Å². The number of nitriles is 1. The number of hydrogen-bond donors (Lipinski definition) is 3. The number of pyridine rings is 1. The van der Waals surface area contributed by atoms with Gasteiger partial charge in [-0.05, 0) is 35.4 Å². The smallest absolute Gasteiger partial charge is 0.337 e. The lowest BCUT2D eigenvalue weighted by Gasteiger charge is -2.06. The molecule has 0 radical (unpaired) electrons. The Balaban J connectivity index is 2.04. The molecule has 2 aromatic carbocycles. The average Bonchev–Trinajstić information content (AvgIpc) is 3.08. The molecule has 0 saturated heterocycles. The molecule has 0 aliphatic heterocycles. The van der Waals surface area contributed by atoms with Crippen molar-refractivity contribution >= 4 is 27.8 Å². The molecule has 0 spiro atoms. The van der Waals surface area contributed by atoms with E-state index in [9.17, 15) is 14.7 Å². The molecule has 0 saturated carbocycles. The van der Waals surface area contributed by atoms with Gasteiger partial charge in [0, 0.05) is 22.5 Å². The van der Waals surface area contributed by atoms with Crippen molar-refractivity contribution in [2.75, 3.05) is 0 Å². The van der Waals surface area contributed by atoms with Crippen LogP contribution >= 0.6 is 0 Å². The van der Waals surface area contributed by atoms with E-state index in [1.165, 1.54) is 6.20 Å². The van der Waals surface area contributed by atoms with Gasteiger partial charge in [-0.15, -0.1) is 0 Å². The molecular weight excluding hydrogens is 318 g/mol. The molecule has 0 bridgehead atoms. The Labute approximate surface area is 141 Å². The predicted octanol–water partition coefficient (Wildman–Crippen LogP) is 3.25. The average molecular weight is 329 g/mol. The fourth-order valence-electron chi connectivity index (χ4n) is 3.01. The summed E-state index contributed by atoms with van der Waals surface area (Å²) in [5.41, 5.74) is 2.83. The zero-order valence-electron chi connectivity index (χ0n) is 12.8. The number of aromatic carboxylic acids is 1. The number of fused-ring (bicyclic) bond motifs is 3. The highest BCUT2D eigenvalue weighted by Gasteiger charge is 2.16. The number of benzene rings is 2. The van der Waals surface area contributed by atoms with Gasteiger partial charge in [0.25, 0.3) is 5.56 Å². The van der Waals surface area contributed by atoms with Gasteiger partial charge in [0.2, 0.25) is 0 Å². The van der Waals surface area contributed by atoms with Crippen molar-refractivity contribution in [2.45, 2.75) is 0 Å². The Hall–Kier alpha value is -3.85. The third-order valence-corrected chi connectivity index (χ3v) is 4.22. The van der Waals surface area contributed by atoms with Crippen molar-refractivity contribution in [3.63, 3.8) is 0 Å². The summed E-state index contributed by atoms with van der Waals surface area (Å²) in [6, 6.07) is 14.6. The highest BCUT2D eigenvalue weighted by atomic mass is 16.4. The number of aromatic nitrogens is 2. The number of hydrogen-bond acceptors (Lipinski definition) is 3. The Morgan fingerprint density at radius 3 is 2.48 bits per heavy atom. The van der Waals surface area contributed by atoms with Crippen molar-refractivity contribution in [1.29, 1.82) is 5.26 Å². The third kappa shape index (κ3) is 2.26. The molecule has 0 amide bonds. The van der Waals surface area contributed by atoms with Crippen LogP contribution in [0.5, 0.6) is 0 Å². The molecule has 2 aromatic heterocycles. The first-order valence-electron chi connectivity index (χ1n) is 7.49. The highest BCUT2D eigenvalue weighted by molar-refractivity contribution is 6.15. The molecule has 4 aromatic rings. The van der Waals surface area contributed by atoms with Crippen LogP contribution in [0.2, 0.25) is 0 Å². The second-order valence-corrected chi connectivity index (χ2v) is 5.66. The number of rotatable bonds is 2. The standard InChI is InChI=1S/C19H11N3O3/c20-8-10-1-3-11(4-2-10)12-5-6-15-13(7-12)16-14(19(24)25)9-21-17(16)18(23)22-15/h1-7,9,21H,(H,22,23)(H,24,25). The van der Waals surface area contributed by atoms with E-state index in [1.54, 1.807) is 18.2 Å². The molecule has 2 heterocycles. The number of carboxylic acids is 1. The van der Waals surface area contributed by atoms with Gasteiger partial charge in [0.1, 0.15) is 5.52 Å². The highest BCUT2D eigenvalue weighted by Crippen LogP contribution is 2.29. The van der Waals surface area contributed by atoms with Crippen LogP contribution in [-0.4, -0.2) is 21.0 Å². The largest absolute Gasteiger partial charge is 0.478 e. The van der Waals surface area contributed by atoms with Crippen LogP contribution in [0.15, 0.2) is 53.5 Å². The van der Waals surface area contributed by atoms with Crippen LogP contribution in [0, 0.1) is 11.3 Å². The lowest BCUT2D eigenvalue weighted by Crippen LogP contribution is -2.07. The molecule has 0 aliphatic rings. The van der Waals surface area contributed by atoms with E-state index in [1.807, 2.05) is 24.3 Å². The summed E-state index contributed by atoms with van der Waals surface area (Å²) < 4.78 is 0. The molecule has 0 aliphatic carbocycles. The van der Waals surface area contributed by atoms with E-state index in [2.05, 4.69) is 16.0 Å². The molecule has 6 heteroatoms. The number of nitrogens with zero attached hydrogens (tertiary/aromatic N) is 1. The maximum atomic E-state index is 12.1. The van der Waals surface area contributed by atoms with Crippen LogP contribution in [0.25, 0.3) is 32.9 Å². The molecule has 0 fully saturated rings. The quantitative estimate of drug-likeness (QED) is 0.524. The zero-order chi connectivity index (χ0) is 17.6. The number of carboxylic acid groups (broad SMARTS) is 1. The van der Waals surface area contributed by atoms with E-state index in [0.29, 0.717) is 21.9 Å². The second-order valence-electron chi connectivity index (χ2n) is 5.66. The Morgan fingerprint density at radius 1 is 1.08 bits per heavy atom. The van der Waals surface area contributed by atoms with Gasteiger partial charge in [0.05, 0.1) is 17.2 Å². The van der Waals surface area contributed by atoms with Crippen molar-refractivity contribution in [2.24, 2.45) is 0 Å². The monoisotopic (exact) mass is 329 g/mol. The molecule has 6 nitrogen and oxygen atoms in total. The minimum Gasteiger partial charge on any atom is -0.478 e. The summed E-state index contributed by atoms with van der Waals surface area (Å²) in [6.45, 7) is 0. The molecule has 0 atom stereocenters. The SMILES string of the molecule is N#Cc1ccc(-c2ccc3[nH]c(=O)c4[nH]cc(C(=O)O)c4c3c2)cc1. The van der Waals surface area contributed by atoms with Gasteiger partial charge < -0.3 is 15.1 Å². The van der Waals surface area contributed by atoms with Crippen LogP contribution in [0.1, 0.15) is 15.9 Å². The first kappa shape index (κ1) is 14.7. The molecule has 25 heavy (non-hydrogen) atoms. The number of aromatic amines is 2. The minimum atomic E-state index is -1.10. The first-order chi connectivity index (χ1) is 12.1. The predicted molar refractivity (Wildman–Crippen MR) is 93.5 cm³/mol. The Bertz CT molecular complexity index is 1240. The van der Waals surface area contributed by atoms with Gasteiger partial charge in [-0.1, -0.05) is 18.2 Å². The number of carbonyl (C=O) groups is 1. The van der Waals surface area contributed by atoms with Crippen molar-refractivity contribution < 1.29 is 9.90 Å². The summed E-state index contributed by atoms with van der Waals surface area (Å²) in [6.07, 6.45) is 1.33. The fourth-order valence-corrected chi connectivity index (χ4v) is 3.01. The second kappa shape index (κ2) is 5.35. The summed E-state index contributed by atoms with van der Waals surface area (Å²) >= 11 is 0. The summed E-state index contributed by atoms with van der Waals surface area (Å²) in [7, 11) is 0. The van der Waals surface area contributed by atoms with E-state index >= 15 is 0 Å². The van der Waals surface area contributed by atoms with Crippen LogP contribution in [-0.2, 0) is 0 Å². The van der Waals surface area contributed by atoms with Crippen molar-refractivity contribution in [3.05, 3.63) is 70.1 Å². The lowest BCUT2D eigenvalue weighted by atomic mass is 10.00. The normalized spacial score (nSPS) is 10.8. The van der Waals surface area contributed by atoms with Gasteiger partial charge in [-0.25, -0.2) is 4.79 Å². The maximum Gasteiger partial charge on any atom is 0.337 e. The summed E-state index contributed by atoms with van der Waals surface area (Å²) in [5, 5.41) is 19.3. The maximum absolute atomic E-state index is 12.1. The molecule has 0 unspecified atom stereocenters. The van der Waals surface area contributed by atoms with Crippen LogP contribution < -0.4 is 5.56 Å². The Morgan fingerprint density at radius 2 is 1.80 bits per heavy atom. The van der Waals surface area contributed by atoms with E-state index in [4.69, 9.17) is 5.26 Å². The minimum absolute atomic E-state index is 0.0584. The molecular formula is C19H11N3O3. The molecule has 4 rings (SSSR count). The van der Waals surface area contributed by atoms with Crippen molar-refractivity contribution in [1.82, 2.24) is 9.97 Å². The topological polar surface area (TPSA) is 110 Å². The zero-order valence-corrected chi connectivity index (χ0v) is 12.8. The lowest BCUT2D eigenvalue weighted by molar-refractivity contribution is 0.0699. The Kier molecular flexibility index (Phi) is 3.15. The third-order valence-electron chi connectivity index (χ3n) is 4.22. The van der Waals surface area contributed by atoms with E-state index < -0.39 is 5.97 Å². The summed E-state index contributed by atoms with van der Waals surface area (Å²) in [5.74, 6) is -1.10. The molecule has 3 N–H and O–H groups in total. The van der Waals surface area contributed by atoms with Crippen LogP contribution in [0.3, 0.4) is 0 Å². The summed E-state index contributed by atoms with van der Waals surface area (Å²) in [4.78, 5) is 29.1. The van der Waals surface area contributed by atoms with Gasteiger partial charge in [0.15, 0.2) is 0 Å². The van der Waals surface area contributed by atoms with Crippen LogP contribution in [0.4, 0.5) is 0 Å². The van der Waals surface area contributed by atoms with E-state index in [0.717, 1.165) is 11.1 Å². The van der Waals surface area contributed by atoms with Gasteiger partial charge in [-0.2, -0.15) is 5.26 Å².